The summed E-state index contributed by atoms with van der Waals surface area (Å²) >= 11 is 1.75. The van der Waals surface area contributed by atoms with Crippen molar-refractivity contribution >= 4 is 11.8 Å². The molecule has 0 fully saturated rings. The van der Waals surface area contributed by atoms with Crippen LogP contribution in [0, 0.1) is 20.8 Å². The van der Waals surface area contributed by atoms with Crippen molar-refractivity contribution in [1.82, 2.24) is 5.16 Å². The van der Waals surface area contributed by atoms with Gasteiger partial charge in [0.25, 0.3) is 0 Å². The maximum atomic E-state index is 5.37. The summed E-state index contributed by atoms with van der Waals surface area (Å²) in [5, 5.41) is 3.95. The largest absolute Gasteiger partial charge is 0.356 e. The average molecular weight is 233 g/mol. The van der Waals surface area contributed by atoms with E-state index in [2.05, 4.69) is 37.4 Å². The summed E-state index contributed by atoms with van der Waals surface area (Å²) in [7, 11) is 0. The van der Waals surface area contributed by atoms with Gasteiger partial charge < -0.3 is 4.52 Å². The summed E-state index contributed by atoms with van der Waals surface area (Å²) in [6, 6.07) is 6.26. The Bertz CT molecular complexity index is 517. The molecule has 0 atom stereocenters. The van der Waals surface area contributed by atoms with Crippen molar-refractivity contribution in [2.75, 3.05) is 6.26 Å². The number of hydrogen-bond acceptors (Lipinski definition) is 3. The van der Waals surface area contributed by atoms with E-state index in [1.807, 2.05) is 13.0 Å². The lowest BCUT2D eigenvalue weighted by atomic mass is 10.0. The second-order valence-corrected chi connectivity index (χ2v) is 4.76. The maximum absolute atomic E-state index is 5.37. The summed E-state index contributed by atoms with van der Waals surface area (Å²) in [5.74, 6) is 0.864. The molecule has 16 heavy (non-hydrogen) atoms. The van der Waals surface area contributed by atoms with Crippen molar-refractivity contribution in [1.29, 1.82) is 0 Å². The van der Waals surface area contributed by atoms with Crippen LogP contribution in [0.4, 0.5) is 0 Å². The topological polar surface area (TPSA) is 26.0 Å². The van der Waals surface area contributed by atoms with E-state index in [1.165, 1.54) is 21.6 Å². The highest BCUT2D eigenvalue weighted by molar-refractivity contribution is 7.98. The molecule has 0 amide bonds. The van der Waals surface area contributed by atoms with Gasteiger partial charge in [-0.1, -0.05) is 17.3 Å². The Hall–Kier alpha value is -1.22. The van der Waals surface area contributed by atoms with E-state index in [4.69, 9.17) is 4.52 Å². The third-order valence-electron chi connectivity index (χ3n) is 2.64. The van der Waals surface area contributed by atoms with Crippen LogP contribution in [-0.4, -0.2) is 11.4 Å². The first-order valence-electron chi connectivity index (χ1n) is 5.21. The van der Waals surface area contributed by atoms with Crippen LogP contribution in [-0.2, 0) is 0 Å². The van der Waals surface area contributed by atoms with Crippen LogP contribution in [0.1, 0.15) is 16.8 Å². The lowest BCUT2D eigenvalue weighted by molar-refractivity contribution is 0.426. The fourth-order valence-electron chi connectivity index (χ4n) is 1.84. The molecule has 0 aliphatic heterocycles. The Morgan fingerprint density at radius 3 is 2.38 bits per heavy atom. The minimum Gasteiger partial charge on any atom is -0.356 e. The predicted molar refractivity (Wildman–Crippen MR) is 67.9 cm³/mol. The third-order valence-corrected chi connectivity index (χ3v) is 3.58. The number of aryl methyl sites for hydroxylation is 3. The van der Waals surface area contributed by atoms with Gasteiger partial charge in [0.15, 0.2) is 5.76 Å². The van der Waals surface area contributed by atoms with Crippen LogP contribution >= 0.6 is 11.8 Å². The van der Waals surface area contributed by atoms with Crippen LogP contribution in [0.25, 0.3) is 11.3 Å². The molecule has 1 aromatic carbocycles. The molecule has 0 saturated heterocycles. The lowest BCUT2D eigenvalue weighted by Crippen LogP contribution is -1.89. The van der Waals surface area contributed by atoms with Gasteiger partial charge in [0.2, 0.25) is 0 Å². The molecule has 0 aliphatic carbocycles. The molecule has 2 rings (SSSR count). The monoisotopic (exact) mass is 233 g/mol. The molecule has 0 aliphatic rings. The third kappa shape index (κ3) is 1.87. The summed E-state index contributed by atoms with van der Waals surface area (Å²) < 4.78 is 5.37. The van der Waals surface area contributed by atoms with E-state index in [0.29, 0.717) is 0 Å². The zero-order valence-electron chi connectivity index (χ0n) is 10.00. The fraction of sp³-hybridized carbons (Fsp3) is 0.308. The standard InChI is InChI=1S/C13H15NOS/c1-8-5-6-9(2)13(16-4)12(8)11-7-10(3)14-15-11/h5-7H,1-4H3. The number of benzene rings is 1. The highest BCUT2D eigenvalue weighted by atomic mass is 32.2. The van der Waals surface area contributed by atoms with Crippen LogP contribution < -0.4 is 0 Å². The summed E-state index contributed by atoms with van der Waals surface area (Å²) in [6.07, 6.45) is 2.09. The second kappa shape index (κ2) is 4.34. The van der Waals surface area contributed by atoms with Gasteiger partial charge in [0, 0.05) is 16.5 Å². The van der Waals surface area contributed by atoms with Gasteiger partial charge in [-0.2, -0.15) is 0 Å². The van der Waals surface area contributed by atoms with Gasteiger partial charge in [-0.25, -0.2) is 0 Å². The first-order valence-corrected chi connectivity index (χ1v) is 6.44. The van der Waals surface area contributed by atoms with Crippen molar-refractivity contribution in [2.24, 2.45) is 0 Å². The highest BCUT2D eigenvalue weighted by Crippen LogP contribution is 2.35. The molecule has 1 heterocycles. The summed E-state index contributed by atoms with van der Waals surface area (Å²) in [4.78, 5) is 1.27. The Balaban J connectivity index is 2.67. The van der Waals surface area contributed by atoms with E-state index in [-0.39, 0.29) is 0 Å². The van der Waals surface area contributed by atoms with Crippen molar-refractivity contribution < 1.29 is 4.52 Å². The van der Waals surface area contributed by atoms with Crippen molar-refractivity contribution in [3.05, 3.63) is 35.0 Å². The molecule has 0 radical (unpaired) electrons. The number of rotatable bonds is 2. The van der Waals surface area contributed by atoms with Gasteiger partial charge in [0.1, 0.15) is 0 Å². The van der Waals surface area contributed by atoms with Crippen molar-refractivity contribution in [3.63, 3.8) is 0 Å². The first kappa shape index (κ1) is 11.3. The average Bonchev–Trinajstić information content (AvgIpc) is 2.67. The summed E-state index contributed by atoms with van der Waals surface area (Å²) in [6.45, 7) is 6.17. The maximum Gasteiger partial charge on any atom is 0.168 e. The van der Waals surface area contributed by atoms with Crippen LogP contribution in [0.15, 0.2) is 27.6 Å². The first-order chi connectivity index (χ1) is 7.63. The van der Waals surface area contributed by atoms with Crippen LogP contribution in [0.5, 0.6) is 0 Å². The van der Waals surface area contributed by atoms with E-state index in [0.717, 1.165) is 11.5 Å². The smallest absolute Gasteiger partial charge is 0.168 e. The Labute approximate surface area is 100 Å². The summed E-state index contributed by atoms with van der Waals surface area (Å²) in [5.41, 5.74) is 4.60. The second-order valence-electron chi connectivity index (χ2n) is 3.94. The van der Waals surface area contributed by atoms with Gasteiger partial charge in [-0.3, -0.25) is 0 Å². The predicted octanol–water partition coefficient (Wildman–Crippen LogP) is 3.99. The molecular formula is C13H15NOS. The SMILES string of the molecule is CSc1c(C)ccc(C)c1-c1cc(C)no1. The van der Waals surface area contributed by atoms with E-state index < -0.39 is 0 Å². The van der Waals surface area contributed by atoms with Gasteiger partial charge >= 0.3 is 0 Å². The minimum absolute atomic E-state index is 0.864. The van der Waals surface area contributed by atoms with E-state index in [9.17, 15) is 0 Å². The molecular weight excluding hydrogens is 218 g/mol. The quantitative estimate of drug-likeness (QED) is 0.734. The van der Waals surface area contributed by atoms with E-state index >= 15 is 0 Å². The molecule has 0 saturated carbocycles. The lowest BCUT2D eigenvalue weighted by Gasteiger charge is -2.10. The number of aromatic nitrogens is 1. The van der Waals surface area contributed by atoms with Gasteiger partial charge in [0.05, 0.1) is 5.69 Å². The Morgan fingerprint density at radius 1 is 1.12 bits per heavy atom. The molecule has 3 heteroatoms. The molecule has 0 bridgehead atoms. The highest BCUT2D eigenvalue weighted by Gasteiger charge is 2.14. The normalized spacial score (nSPS) is 10.8. The molecule has 0 unspecified atom stereocenters. The molecule has 1 aromatic heterocycles. The molecule has 2 nitrogen and oxygen atoms in total. The molecule has 0 N–H and O–H groups in total. The van der Waals surface area contributed by atoms with E-state index in [1.54, 1.807) is 11.8 Å². The van der Waals surface area contributed by atoms with Crippen molar-refractivity contribution in [2.45, 2.75) is 25.7 Å². The molecule has 84 valence electrons. The fourth-order valence-corrected chi connectivity index (χ4v) is 2.69. The van der Waals surface area contributed by atoms with Crippen LogP contribution in [0.3, 0.4) is 0 Å². The molecule has 0 spiro atoms. The number of hydrogen-bond donors (Lipinski definition) is 0. The molecule has 2 aromatic rings. The minimum atomic E-state index is 0.864. The van der Waals surface area contributed by atoms with Gasteiger partial charge in [-0.15, -0.1) is 11.8 Å². The number of thioether (sulfide) groups is 1. The van der Waals surface area contributed by atoms with Gasteiger partial charge in [-0.05, 0) is 38.2 Å². The zero-order valence-corrected chi connectivity index (χ0v) is 10.8. The van der Waals surface area contributed by atoms with Crippen LogP contribution in [0.2, 0.25) is 0 Å². The Morgan fingerprint density at radius 2 is 1.81 bits per heavy atom. The van der Waals surface area contributed by atoms with Crippen molar-refractivity contribution in [3.8, 4) is 11.3 Å². The zero-order chi connectivity index (χ0) is 11.7. The Kier molecular flexibility index (Phi) is 3.06. The number of nitrogens with zero attached hydrogens (tertiary/aromatic N) is 1.